The standard InChI is InChI=1S/C32H34BrN7O/c1-23-27(22-40-14-13-36-24(40)2)19-26-5-3-4-6-29(26)31(30(23)21-35-12-11-33)38-15-17-39(18-16-38)32(41)37-28-9-7-25(20-34)8-10-28/h3-10,12-14,19,31H,11,15-18,21-22H2,1-2H3,(H,37,41). The number of benzene rings is 2. The Kier molecular flexibility index (Phi) is 9.12. The lowest BCUT2D eigenvalue weighted by Gasteiger charge is -2.40. The summed E-state index contributed by atoms with van der Waals surface area (Å²) in [6.45, 7) is 8.33. The van der Waals surface area contributed by atoms with Crippen molar-refractivity contribution in [3.63, 3.8) is 0 Å². The van der Waals surface area contributed by atoms with Gasteiger partial charge in [-0.15, -0.1) is 0 Å². The summed E-state index contributed by atoms with van der Waals surface area (Å²) in [6, 6.07) is 17.6. The Hall–Kier alpha value is -4.00. The van der Waals surface area contributed by atoms with Gasteiger partial charge in [0.1, 0.15) is 5.82 Å². The van der Waals surface area contributed by atoms with E-state index >= 15 is 0 Å². The second-order valence-corrected chi connectivity index (χ2v) is 10.9. The number of rotatable bonds is 7. The van der Waals surface area contributed by atoms with Crippen LogP contribution in [0, 0.1) is 18.3 Å². The number of hydrogen-bond acceptors (Lipinski definition) is 5. The molecule has 41 heavy (non-hydrogen) atoms. The molecule has 2 amide bonds. The number of urea groups is 1. The fourth-order valence-electron chi connectivity index (χ4n) is 5.55. The number of carbonyl (C=O) groups is 1. The van der Waals surface area contributed by atoms with Crippen LogP contribution in [0.3, 0.4) is 0 Å². The average Bonchev–Trinajstić information content (AvgIpc) is 3.36. The van der Waals surface area contributed by atoms with Crippen LogP contribution >= 0.6 is 15.9 Å². The van der Waals surface area contributed by atoms with Crippen molar-refractivity contribution in [3.8, 4) is 6.07 Å². The third kappa shape index (κ3) is 6.50. The van der Waals surface area contributed by atoms with Gasteiger partial charge in [0.05, 0.1) is 24.2 Å². The summed E-state index contributed by atoms with van der Waals surface area (Å²) in [5, 5.41) is 12.7. The van der Waals surface area contributed by atoms with E-state index in [0.717, 1.165) is 25.5 Å². The molecule has 5 rings (SSSR count). The van der Waals surface area contributed by atoms with E-state index in [-0.39, 0.29) is 12.1 Å². The zero-order valence-corrected chi connectivity index (χ0v) is 25.0. The van der Waals surface area contributed by atoms with Gasteiger partial charge < -0.3 is 14.8 Å². The van der Waals surface area contributed by atoms with E-state index in [1.807, 2.05) is 30.4 Å². The number of hydrogen-bond donors (Lipinski definition) is 1. The second-order valence-electron chi connectivity index (χ2n) is 10.3. The molecular formula is C32H34BrN7O. The summed E-state index contributed by atoms with van der Waals surface area (Å²) in [7, 11) is 0. The molecular weight excluding hydrogens is 578 g/mol. The molecule has 0 bridgehead atoms. The number of carbonyl (C=O) groups excluding carboxylic acids is 1. The maximum absolute atomic E-state index is 13.1. The normalized spacial score (nSPS) is 17.7. The smallest absolute Gasteiger partial charge is 0.321 e. The minimum Gasteiger partial charge on any atom is -0.331 e. The monoisotopic (exact) mass is 611 g/mol. The van der Waals surface area contributed by atoms with Crippen molar-refractivity contribution in [3.05, 3.63) is 100 Å². The number of aryl methyl sites for hydroxylation is 1. The number of nitrogens with one attached hydrogen (secondary N) is 1. The molecule has 210 valence electrons. The van der Waals surface area contributed by atoms with Gasteiger partial charge >= 0.3 is 6.03 Å². The van der Waals surface area contributed by atoms with E-state index in [1.165, 1.54) is 27.8 Å². The Morgan fingerprint density at radius 1 is 1.15 bits per heavy atom. The highest BCUT2D eigenvalue weighted by atomic mass is 79.9. The van der Waals surface area contributed by atoms with Crippen molar-refractivity contribution in [1.29, 1.82) is 5.26 Å². The fraction of sp³-hybridized carbons (Fsp3) is 0.312. The molecule has 3 aromatic rings. The highest BCUT2D eigenvalue weighted by Crippen LogP contribution is 2.39. The van der Waals surface area contributed by atoms with Gasteiger partial charge in [0, 0.05) is 62.3 Å². The average molecular weight is 613 g/mol. The van der Waals surface area contributed by atoms with Gasteiger partial charge in [0.25, 0.3) is 0 Å². The maximum Gasteiger partial charge on any atom is 0.321 e. The van der Waals surface area contributed by atoms with Crippen molar-refractivity contribution >= 4 is 39.9 Å². The molecule has 8 nitrogen and oxygen atoms in total. The van der Waals surface area contributed by atoms with Crippen LogP contribution in [0.25, 0.3) is 6.08 Å². The van der Waals surface area contributed by atoms with E-state index < -0.39 is 0 Å². The Bertz CT molecular complexity index is 1520. The number of fused-ring (bicyclic) bond motifs is 1. The van der Waals surface area contributed by atoms with Gasteiger partial charge in [-0.2, -0.15) is 5.26 Å². The minimum atomic E-state index is -0.121. The SMILES string of the molecule is CC1=C(CN=CCBr)C(N2CCN(C(=O)Nc3ccc(C#N)cc3)CC2)c2ccccc2C=C1Cn1ccnc1C. The molecule has 1 atom stereocenters. The molecule has 1 aliphatic carbocycles. The predicted molar refractivity (Wildman–Crippen MR) is 167 cm³/mol. The number of nitriles is 1. The molecule has 1 saturated heterocycles. The molecule has 1 unspecified atom stereocenters. The molecule has 1 N–H and O–H groups in total. The first-order chi connectivity index (χ1) is 20.0. The molecule has 0 spiro atoms. The van der Waals surface area contributed by atoms with Crippen LogP contribution in [0.1, 0.15) is 35.5 Å². The van der Waals surface area contributed by atoms with Crippen molar-refractivity contribution in [2.24, 2.45) is 4.99 Å². The zero-order chi connectivity index (χ0) is 28.8. The largest absolute Gasteiger partial charge is 0.331 e. The Labute approximate surface area is 249 Å². The molecule has 1 aliphatic heterocycles. The van der Waals surface area contributed by atoms with Gasteiger partial charge in [-0.05, 0) is 72.0 Å². The summed E-state index contributed by atoms with van der Waals surface area (Å²) in [6.07, 6.45) is 8.12. The van der Waals surface area contributed by atoms with Crippen molar-refractivity contribution in [1.82, 2.24) is 19.4 Å². The number of allylic oxidation sites excluding steroid dienone is 2. The highest BCUT2D eigenvalue weighted by molar-refractivity contribution is 9.09. The fourth-order valence-corrected chi connectivity index (χ4v) is 5.76. The Morgan fingerprint density at radius 3 is 2.59 bits per heavy atom. The molecule has 2 aromatic carbocycles. The summed E-state index contributed by atoms with van der Waals surface area (Å²) >= 11 is 3.48. The quantitative estimate of drug-likeness (QED) is 0.269. The lowest BCUT2D eigenvalue weighted by atomic mass is 9.91. The van der Waals surface area contributed by atoms with Gasteiger partial charge in [0.15, 0.2) is 0 Å². The number of aliphatic imine (C=N–C) groups is 1. The number of amides is 2. The lowest BCUT2D eigenvalue weighted by Crippen LogP contribution is -2.51. The first kappa shape index (κ1) is 28.5. The first-order valence-corrected chi connectivity index (χ1v) is 14.9. The maximum atomic E-state index is 13.1. The number of nitrogens with zero attached hydrogens (tertiary/aromatic N) is 6. The number of aromatic nitrogens is 2. The van der Waals surface area contributed by atoms with Crippen LogP contribution in [0.2, 0.25) is 0 Å². The number of alkyl halides is 1. The Morgan fingerprint density at radius 2 is 1.90 bits per heavy atom. The topological polar surface area (TPSA) is 89.5 Å². The van der Waals surface area contributed by atoms with Crippen LogP contribution in [-0.4, -0.2) is 69.7 Å². The number of piperazine rings is 1. The van der Waals surface area contributed by atoms with Crippen LogP contribution in [0.5, 0.6) is 0 Å². The third-order valence-corrected chi connectivity index (χ3v) is 8.16. The van der Waals surface area contributed by atoms with E-state index in [9.17, 15) is 4.79 Å². The van der Waals surface area contributed by atoms with E-state index in [0.29, 0.717) is 36.2 Å². The predicted octanol–water partition coefficient (Wildman–Crippen LogP) is 5.83. The van der Waals surface area contributed by atoms with Crippen LogP contribution < -0.4 is 5.32 Å². The number of halogens is 1. The summed E-state index contributed by atoms with van der Waals surface area (Å²) in [5.74, 6) is 0.988. The molecule has 9 heteroatoms. The molecule has 1 fully saturated rings. The van der Waals surface area contributed by atoms with Crippen molar-refractivity contribution < 1.29 is 4.79 Å². The number of anilines is 1. The van der Waals surface area contributed by atoms with E-state index in [4.69, 9.17) is 10.3 Å². The highest BCUT2D eigenvalue weighted by Gasteiger charge is 2.33. The summed E-state index contributed by atoms with van der Waals surface area (Å²) in [4.78, 5) is 26.6. The summed E-state index contributed by atoms with van der Waals surface area (Å²) in [5.41, 5.74) is 7.53. The van der Waals surface area contributed by atoms with E-state index in [2.05, 4.69) is 79.0 Å². The van der Waals surface area contributed by atoms with Gasteiger partial charge in [-0.3, -0.25) is 9.89 Å². The van der Waals surface area contributed by atoms with Crippen molar-refractivity contribution in [2.75, 3.05) is 43.4 Å². The van der Waals surface area contributed by atoms with Crippen LogP contribution in [0.15, 0.2) is 82.6 Å². The van der Waals surface area contributed by atoms with Gasteiger partial charge in [-0.25, -0.2) is 9.78 Å². The molecule has 0 radical (unpaired) electrons. The second kappa shape index (κ2) is 13.1. The van der Waals surface area contributed by atoms with Crippen LogP contribution in [0.4, 0.5) is 10.5 Å². The molecule has 1 aromatic heterocycles. The molecule has 0 saturated carbocycles. The third-order valence-electron chi connectivity index (χ3n) is 7.87. The number of imidazole rings is 1. The molecule has 2 aliphatic rings. The van der Waals surface area contributed by atoms with Crippen LogP contribution in [-0.2, 0) is 6.54 Å². The van der Waals surface area contributed by atoms with Crippen molar-refractivity contribution in [2.45, 2.75) is 26.4 Å². The molecule has 2 heterocycles. The van der Waals surface area contributed by atoms with Gasteiger partial charge in [-0.1, -0.05) is 40.2 Å². The Balaban J connectivity index is 1.40. The first-order valence-electron chi connectivity index (χ1n) is 13.8. The minimum absolute atomic E-state index is 0.0556. The summed E-state index contributed by atoms with van der Waals surface area (Å²) < 4.78 is 2.18. The zero-order valence-electron chi connectivity index (χ0n) is 23.4. The lowest BCUT2D eigenvalue weighted by molar-refractivity contribution is 0.124. The van der Waals surface area contributed by atoms with Gasteiger partial charge in [0.2, 0.25) is 0 Å². The van der Waals surface area contributed by atoms with E-state index in [1.54, 1.807) is 24.3 Å².